The van der Waals surface area contributed by atoms with Gasteiger partial charge in [0.1, 0.15) is 5.65 Å². The fraction of sp³-hybridized carbons (Fsp3) is 0.211. The quantitative estimate of drug-likeness (QED) is 0.178. The third-order valence-electron chi connectivity index (χ3n) is 13.6. The van der Waals surface area contributed by atoms with Crippen LogP contribution in [-0.2, 0) is 16.2 Å². The first-order valence-electron chi connectivity index (χ1n) is 21.8. The molecule has 0 spiro atoms. The molecule has 12 rings (SSSR count). The lowest BCUT2D eigenvalue weighted by atomic mass is 9.84. The summed E-state index contributed by atoms with van der Waals surface area (Å²) in [7, 11) is 0. The summed E-state index contributed by atoms with van der Waals surface area (Å²) in [5.74, 6) is 0. The molecular formula is C57H50N4. The molecule has 4 heteroatoms. The van der Waals surface area contributed by atoms with E-state index in [1.807, 2.05) is 0 Å². The van der Waals surface area contributed by atoms with Gasteiger partial charge in [-0.1, -0.05) is 129 Å². The summed E-state index contributed by atoms with van der Waals surface area (Å²) in [6, 6.07) is 50.1. The number of fused-ring (bicyclic) bond motifs is 15. The summed E-state index contributed by atoms with van der Waals surface area (Å²) in [6.07, 6.45) is 2.17. The van der Waals surface area contributed by atoms with Crippen LogP contribution in [0.1, 0.15) is 79.0 Å². The van der Waals surface area contributed by atoms with Gasteiger partial charge < -0.3 is 9.30 Å². The van der Waals surface area contributed by atoms with E-state index in [0.29, 0.717) is 0 Å². The van der Waals surface area contributed by atoms with Crippen LogP contribution in [0.25, 0.3) is 87.1 Å². The van der Waals surface area contributed by atoms with Gasteiger partial charge in [0.05, 0.1) is 39.5 Å². The Morgan fingerprint density at radius 2 is 0.967 bits per heavy atom. The Balaban J connectivity index is 1.34. The van der Waals surface area contributed by atoms with Crippen molar-refractivity contribution < 1.29 is 0 Å². The predicted octanol–water partition coefficient (Wildman–Crippen LogP) is 15.9. The third kappa shape index (κ3) is 4.96. The van der Waals surface area contributed by atoms with E-state index in [0.717, 1.165) is 28.2 Å². The largest absolute Gasteiger partial charge is 0.308 e. The molecule has 298 valence electrons. The molecule has 0 atom stereocenters. The van der Waals surface area contributed by atoms with Crippen molar-refractivity contribution in [1.82, 2.24) is 13.8 Å². The Bertz CT molecular complexity index is 3690. The number of hydrogen-bond donors (Lipinski definition) is 0. The van der Waals surface area contributed by atoms with Crippen molar-refractivity contribution in [1.29, 1.82) is 0 Å². The van der Waals surface area contributed by atoms with Crippen molar-refractivity contribution in [2.24, 2.45) is 0 Å². The SMILES string of the molecule is CC(C)(C)c1ccc2c(c1)c1cc(C(C)(C)C)cc3c4c5c6c7ccccc7cc7c8cc(C(C)(C)C)cc(N(c9ccccc9)c9ccccc9)c8n(c5ncc4n2c13)c76. The average Bonchev–Trinajstić information content (AvgIpc) is 3.96. The molecule has 0 saturated carbocycles. The van der Waals surface area contributed by atoms with Crippen LogP contribution in [0.4, 0.5) is 17.1 Å². The molecule has 4 nitrogen and oxygen atoms in total. The van der Waals surface area contributed by atoms with E-state index in [4.69, 9.17) is 4.98 Å². The highest BCUT2D eigenvalue weighted by Gasteiger charge is 2.31. The second-order valence-electron chi connectivity index (χ2n) is 20.6. The van der Waals surface area contributed by atoms with Gasteiger partial charge >= 0.3 is 0 Å². The van der Waals surface area contributed by atoms with Crippen LogP contribution < -0.4 is 4.90 Å². The smallest absolute Gasteiger partial charge is 0.146 e. The molecule has 61 heavy (non-hydrogen) atoms. The van der Waals surface area contributed by atoms with Crippen molar-refractivity contribution in [2.75, 3.05) is 4.90 Å². The van der Waals surface area contributed by atoms with Crippen molar-refractivity contribution >= 4 is 104 Å². The molecule has 12 aromatic rings. The lowest BCUT2D eigenvalue weighted by molar-refractivity contribution is 0.590. The predicted molar refractivity (Wildman–Crippen MR) is 262 cm³/mol. The van der Waals surface area contributed by atoms with E-state index in [2.05, 4.69) is 216 Å². The first-order chi connectivity index (χ1) is 29.2. The van der Waals surface area contributed by atoms with E-state index in [-0.39, 0.29) is 16.2 Å². The summed E-state index contributed by atoms with van der Waals surface area (Å²) in [5, 5.41) is 12.7. The zero-order valence-corrected chi connectivity index (χ0v) is 36.6. The molecular weight excluding hydrogens is 741 g/mol. The Kier molecular flexibility index (Phi) is 7.13. The number of para-hydroxylation sites is 2. The molecule has 0 N–H and O–H groups in total. The Morgan fingerprint density at radius 3 is 1.62 bits per heavy atom. The van der Waals surface area contributed by atoms with E-state index < -0.39 is 0 Å². The molecule has 0 aliphatic heterocycles. The van der Waals surface area contributed by atoms with E-state index >= 15 is 0 Å². The molecule has 0 amide bonds. The Labute approximate surface area is 356 Å². The molecule has 0 unspecified atom stereocenters. The molecule has 0 bridgehead atoms. The number of aromatic nitrogens is 3. The summed E-state index contributed by atoms with van der Waals surface area (Å²) < 4.78 is 5.04. The Morgan fingerprint density at radius 1 is 0.410 bits per heavy atom. The fourth-order valence-corrected chi connectivity index (χ4v) is 10.4. The lowest BCUT2D eigenvalue weighted by Gasteiger charge is -2.29. The molecule has 0 aliphatic rings. The maximum atomic E-state index is 5.63. The van der Waals surface area contributed by atoms with Crippen LogP contribution in [0.3, 0.4) is 0 Å². The van der Waals surface area contributed by atoms with Crippen molar-refractivity contribution in [3.8, 4) is 0 Å². The monoisotopic (exact) mass is 790 g/mol. The van der Waals surface area contributed by atoms with Gasteiger partial charge in [-0.05, 0) is 110 Å². The van der Waals surface area contributed by atoms with Crippen LogP contribution >= 0.6 is 0 Å². The lowest BCUT2D eigenvalue weighted by Crippen LogP contribution is -2.15. The number of rotatable bonds is 3. The van der Waals surface area contributed by atoms with Gasteiger partial charge in [-0.25, -0.2) is 4.98 Å². The second kappa shape index (κ2) is 12.0. The van der Waals surface area contributed by atoms with Crippen LogP contribution in [0.2, 0.25) is 0 Å². The van der Waals surface area contributed by atoms with Gasteiger partial charge in [-0.3, -0.25) is 4.40 Å². The molecule has 5 heterocycles. The zero-order chi connectivity index (χ0) is 41.9. The number of hydrogen-bond acceptors (Lipinski definition) is 2. The minimum Gasteiger partial charge on any atom is -0.308 e. The summed E-state index contributed by atoms with van der Waals surface area (Å²) in [6.45, 7) is 21.0. The van der Waals surface area contributed by atoms with E-state index in [9.17, 15) is 0 Å². The van der Waals surface area contributed by atoms with Crippen molar-refractivity contribution in [2.45, 2.75) is 78.6 Å². The topological polar surface area (TPSA) is 24.9 Å². The van der Waals surface area contributed by atoms with E-state index in [1.54, 1.807) is 0 Å². The highest BCUT2D eigenvalue weighted by molar-refractivity contribution is 6.39. The van der Waals surface area contributed by atoms with Gasteiger partial charge in [0.15, 0.2) is 0 Å². The standard InChI is InChI=1S/C57H50N4/c1-55(2,3)34-24-25-45-40(27-34)42-28-35(56(4,5)6)30-44-48-47(60(45)51(42)44)32-58-54-50(48)49-39-23-17-16-18-33(39)26-41-43-29-36(57(7,8)9)31-46(52(43)61(54)53(41)49)59(37-19-12-10-13-20-37)38-21-14-11-15-22-38/h10-32H,1-9H3. The number of anilines is 3. The Hall–Kier alpha value is -6.65. The van der Waals surface area contributed by atoms with Crippen molar-refractivity contribution in [3.63, 3.8) is 0 Å². The third-order valence-corrected chi connectivity index (χ3v) is 13.6. The van der Waals surface area contributed by atoms with Crippen LogP contribution in [0, 0.1) is 0 Å². The highest BCUT2D eigenvalue weighted by Crippen LogP contribution is 2.52. The highest BCUT2D eigenvalue weighted by atomic mass is 15.2. The first-order valence-corrected chi connectivity index (χ1v) is 21.8. The first kappa shape index (κ1) is 36.2. The van der Waals surface area contributed by atoms with Crippen molar-refractivity contribution in [3.05, 3.63) is 156 Å². The molecule has 7 aromatic carbocycles. The van der Waals surface area contributed by atoms with Crippen LogP contribution in [-0.4, -0.2) is 13.8 Å². The zero-order valence-electron chi connectivity index (χ0n) is 36.6. The summed E-state index contributed by atoms with van der Waals surface area (Å²) >= 11 is 0. The minimum atomic E-state index is -0.0927. The van der Waals surface area contributed by atoms with Gasteiger partial charge in [0.25, 0.3) is 0 Å². The minimum absolute atomic E-state index is 0.0383. The number of nitrogens with zero attached hydrogens (tertiary/aromatic N) is 4. The maximum Gasteiger partial charge on any atom is 0.146 e. The second-order valence-corrected chi connectivity index (χ2v) is 20.6. The summed E-state index contributed by atoms with van der Waals surface area (Å²) in [5.41, 5.74) is 14.3. The van der Waals surface area contributed by atoms with Gasteiger partial charge in [0, 0.05) is 54.5 Å². The molecule has 0 saturated heterocycles. The fourth-order valence-electron chi connectivity index (χ4n) is 10.4. The van der Waals surface area contributed by atoms with Gasteiger partial charge in [0.2, 0.25) is 0 Å². The van der Waals surface area contributed by atoms with E-state index in [1.165, 1.54) is 92.6 Å². The average molecular weight is 791 g/mol. The normalized spacial score (nSPS) is 13.3. The van der Waals surface area contributed by atoms with Gasteiger partial charge in [-0.2, -0.15) is 0 Å². The molecule has 0 fully saturated rings. The number of benzene rings is 7. The number of pyridine rings is 1. The maximum absolute atomic E-state index is 5.63. The molecule has 5 aromatic heterocycles. The van der Waals surface area contributed by atoms with Crippen LogP contribution in [0.15, 0.2) is 140 Å². The summed E-state index contributed by atoms with van der Waals surface area (Å²) in [4.78, 5) is 8.07. The van der Waals surface area contributed by atoms with Gasteiger partial charge in [-0.15, -0.1) is 0 Å². The molecule has 0 radical (unpaired) electrons. The van der Waals surface area contributed by atoms with Crippen LogP contribution in [0.5, 0.6) is 0 Å². The molecule has 0 aliphatic carbocycles.